The van der Waals surface area contributed by atoms with Gasteiger partial charge in [0.1, 0.15) is 0 Å². The van der Waals surface area contributed by atoms with E-state index < -0.39 is 0 Å². The Labute approximate surface area is 111 Å². The molecule has 0 radical (unpaired) electrons. The summed E-state index contributed by atoms with van der Waals surface area (Å²) in [6.07, 6.45) is 12.5. The summed E-state index contributed by atoms with van der Waals surface area (Å²) in [4.78, 5) is 3.25. The molecule has 2 atom stereocenters. The van der Waals surface area contributed by atoms with Gasteiger partial charge in [-0.2, -0.15) is 0 Å². The number of aromatic nitrogens is 1. The molecule has 0 aromatic carbocycles. The van der Waals surface area contributed by atoms with Crippen LogP contribution < -0.4 is 5.32 Å². The number of nitrogens with one attached hydrogen (secondary N) is 2. The molecule has 0 spiro atoms. The molecule has 2 heteroatoms. The Hall–Kier alpha value is -0.760. The van der Waals surface area contributed by atoms with Gasteiger partial charge in [-0.05, 0) is 62.1 Å². The zero-order valence-electron chi connectivity index (χ0n) is 11.3. The van der Waals surface area contributed by atoms with Crippen molar-refractivity contribution in [3.8, 4) is 0 Å². The molecule has 2 saturated carbocycles. The lowest BCUT2D eigenvalue weighted by atomic mass is 9.67. The van der Waals surface area contributed by atoms with E-state index in [1.54, 1.807) is 6.42 Å². The third-order valence-electron chi connectivity index (χ3n) is 4.93. The molecule has 18 heavy (non-hydrogen) atoms. The second-order valence-corrected chi connectivity index (χ2v) is 6.40. The number of hydrogen-bond donors (Lipinski definition) is 2. The first-order chi connectivity index (χ1) is 8.90. The van der Waals surface area contributed by atoms with Gasteiger partial charge >= 0.3 is 0 Å². The van der Waals surface area contributed by atoms with Gasteiger partial charge in [0, 0.05) is 18.4 Å². The summed E-state index contributed by atoms with van der Waals surface area (Å²) in [5.41, 5.74) is 1.30. The lowest BCUT2D eigenvalue weighted by Crippen LogP contribution is -2.28. The zero-order chi connectivity index (χ0) is 12.2. The van der Waals surface area contributed by atoms with Crippen LogP contribution in [0.15, 0.2) is 18.3 Å². The van der Waals surface area contributed by atoms with E-state index in [1.807, 2.05) is 6.20 Å². The predicted molar refractivity (Wildman–Crippen MR) is 75.3 cm³/mol. The Bertz CT molecular complexity index is 332. The molecule has 2 fully saturated rings. The summed E-state index contributed by atoms with van der Waals surface area (Å²) in [6.45, 7) is 2.18. The zero-order valence-corrected chi connectivity index (χ0v) is 11.3. The molecule has 1 aromatic heterocycles. The maximum atomic E-state index is 3.57. The number of aromatic amines is 1. The number of rotatable bonds is 5. The van der Waals surface area contributed by atoms with E-state index >= 15 is 0 Å². The van der Waals surface area contributed by atoms with Gasteiger partial charge in [-0.3, -0.25) is 0 Å². The predicted octanol–water partition coefficient (Wildman–Crippen LogP) is 3.71. The summed E-state index contributed by atoms with van der Waals surface area (Å²) in [5.74, 6) is 3.15. The fourth-order valence-electron chi connectivity index (χ4n) is 4.11. The standard InChI is InChI=1S/C16H26N2/c1-3-13-9-14(4-1)11-15(10-13)6-8-17-12-16-5-2-7-18-16/h2,5,7,13-15,17-18H,1,3-4,6,8-12H2. The van der Waals surface area contributed by atoms with Gasteiger partial charge in [-0.15, -0.1) is 0 Å². The van der Waals surface area contributed by atoms with E-state index in [2.05, 4.69) is 22.4 Å². The largest absolute Gasteiger partial charge is 0.364 e. The highest BCUT2D eigenvalue weighted by Gasteiger charge is 2.31. The molecular formula is C16H26N2. The van der Waals surface area contributed by atoms with Gasteiger partial charge in [-0.25, -0.2) is 0 Å². The highest BCUT2D eigenvalue weighted by Crippen LogP contribution is 2.43. The smallest absolute Gasteiger partial charge is 0.0357 e. The molecule has 1 heterocycles. The molecule has 2 unspecified atom stereocenters. The Morgan fingerprint density at radius 2 is 2.00 bits per heavy atom. The van der Waals surface area contributed by atoms with Gasteiger partial charge < -0.3 is 10.3 Å². The van der Waals surface area contributed by atoms with Crippen molar-refractivity contribution >= 4 is 0 Å². The van der Waals surface area contributed by atoms with Crippen molar-refractivity contribution < 1.29 is 0 Å². The first kappa shape index (κ1) is 12.3. The van der Waals surface area contributed by atoms with Crippen LogP contribution in [0, 0.1) is 17.8 Å². The average molecular weight is 246 g/mol. The number of H-pyrrole nitrogens is 1. The molecule has 1 aromatic rings. The molecule has 0 aliphatic heterocycles. The molecule has 3 rings (SSSR count). The van der Waals surface area contributed by atoms with Crippen molar-refractivity contribution in [1.29, 1.82) is 0 Å². The fraction of sp³-hybridized carbons (Fsp3) is 0.750. The van der Waals surface area contributed by atoms with Gasteiger partial charge in [0.25, 0.3) is 0 Å². The minimum atomic E-state index is 0.993. The number of fused-ring (bicyclic) bond motifs is 2. The van der Waals surface area contributed by atoms with Gasteiger partial charge in [-0.1, -0.05) is 19.3 Å². The molecule has 2 bridgehead atoms. The van der Waals surface area contributed by atoms with Crippen molar-refractivity contribution in [2.45, 2.75) is 51.5 Å². The third kappa shape index (κ3) is 3.17. The lowest BCUT2D eigenvalue weighted by Gasteiger charge is -2.39. The molecule has 2 nitrogen and oxygen atoms in total. The van der Waals surface area contributed by atoms with Crippen molar-refractivity contribution in [1.82, 2.24) is 10.3 Å². The van der Waals surface area contributed by atoms with Gasteiger partial charge in [0.15, 0.2) is 0 Å². The van der Waals surface area contributed by atoms with Crippen LogP contribution in [0.4, 0.5) is 0 Å². The minimum absolute atomic E-state index is 0.993. The highest BCUT2D eigenvalue weighted by atomic mass is 14.9. The van der Waals surface area contributed by atoms with E-state index in [9.17, 15) is 0 Å². The van der Waals surface area contributed by atoms with Crippen LogP contribution in [0.5, 0.6) is 0 Å². The summed E-state index contributed by atoms with van der Waals surface area (Å²) in [5, 5.41) is 3.57. The van der Waals surface area contributed by atoms with Crippen LogP contribution in [0.3, 0.4) is 0 Å². The van der Waals surface area contributed by atoms with E-state index in [1.165, 1.54) is 50.8 Å². The van der Waals surface area contributed by atoms with Crippen molar-refractivity contribution in [2.75, 3.05) is 6.54 Å². The van der Waals surface area contributed by atoms with Crippen LogP contribution in [0.25, 0.3) is 0 Å². The summed E-state index contributed by atoms with van der Waals surface area (Å²) < 4.78 is 0. The second kappa shape index (κ2) is 5.92. The van der Waals surface area contributed by atoms with Crippen LogP contribution >= 0.6 is 0 Å². The Morgan fingerprint density at radius 1 is 1.17 bits per heavy atom. The van der Waals surface area contributed by atoms with Crippen molar-refractivity contribution in [2.24, 2.45) is 17.8 Å². The van der Waals surface area contributed by atoms with Crippen molar-refractivity contribution in [3.63, 3.8) is 0 Å². The molecule has 2 aliphatic carbocycles. The summed E-state index contributed by atoms with van der Waals surface area (Å²) in [6, 6.07) is 4.22. The van der Waals surface area contributed by atoms with E-state index in [0.717, 1.165) is 24.3 Å². The van der Waals surface area contributed by atoms with Gasteiger partial charge in [0.05, 0.1) is 0 Å². The van der Waals surface area contributed by atoms with Crippen LogP contribution in [-0.4, -0.2) is 11.5 Å². The topological polar surface area (TPSA) is 27.8 Å². The first-order valence-electron chi connectivity index (χ1n) is 7.73. The maximum Gasteiger partial charge on any atom is 0.0357 e. The fourth-order valence-corrected chi connectivity index (χ4v) is 4.11. The third-order valence-corrected chi connectivity index (χ3v) is 4.93. The van der Waals surface area contributed by atoms with E-state index in [-0.39, 0.29) is 0 Å². The molecule has 2 aliphatic rings. The molecule has 0 saturated heterocycles. The monoisotopic (exact) mass is 246 g/mol. The quantitative estimate of drug-likeness (QED) is 0.762. The van der Waals surface area contributed by atoms with Gasteiger partial charge in [0.2, 0.25) is 0 Å². The first-order valence-corrected chi connectivity index (χ1v) is 7.73. The Morgan fingerprint density at radius 3 is 2.72 bits per heavy atom. The summed E-state index contributed by atoms with van der Waals surface area (Å²) in [7, 11) is 0. The number of hydrogen-bond acceptors (Lipinski definition) is 1. The molecular weight excluding hydrogens is 220 g/mol. The molecule has 0 amide bonds. The van der Waals surface area contributed by atoms with Crippen LogP contribution in [0.2, 0.25) is 0 Å². The highest BCUT2D eigenvalue weighted by molar-refractivity contribution is 5.02. The summed E-state index contributed by atoms with van der Waals surface area (Å²) >= 11 is 0. The Balaban J connectivity index is 1.36. The lowest BCUT2D eigenvalue weighted by molar-refractivity contribution is 0.132. The van der Waals surface area contributed by atoms with E-state index in [4.69, 9.17) is 0 Å². The van der Waals surface area contributed by atoms with Crippen molar-refractivity contribution in [3.05, 3.63) is 24.0 Å². The van der Waals surface area contributed by atoms with Crippen LogP contribution in [0.1, 0.15) is 50.6 Å². The van der Waals surface area contributed by atoms with Crippen LogP contribution in [-0.2, 0) is 6.54 Å². The Kier molecular flexibility index (Phi) is 4.04. The normalized spacial score (nSPS) is 31.4. The molecule has 100 valence electrons. The average Bonchev–Trinajstić information content (AvgIpc) is 2.87. The molecule has 2 N–H and O–H groups in total. The maximum absolute atomic E-state index is 3.57. The minimum Gasteiger partial charge on any atom is -0.364 e. The second-order valence-electron chi connectivity index (χ2n) is 6.40. The SMILES string of the molecule is c1c[nH]c(CNCCC2CC3CCCC(C3)C2)c1. The van der Waals surface area contributed by atoms with E-state index in [0.29, 0.717) is 0 Å².